The van der Waals surface area contributed by atoms with E-state index in [1.165, 1.54) is 12.1 Å². The maximum absolute atomic E-state index is 13.0. The molecule has 0 bridgehead atoms. The summed E-state index contributed by atoms with van der Waals surface area (Å²) in [4.78, 5) is 12.1. The second kappa shape index (κ2) is 6.99. The molecule has 22 heavy (non-hydrogen) atoms. The second-order valence-electron chi connectivity index (χ2n) is 4.78. The molecule has 0 radical (unpaired) electrons. The van der Waals surface area contributed by atoms with E-state index in [4.69, 9.17) is 27.9 Å². The topological polar surface area (TPSA) is 38.3 Å². The Bertz CT molecular complexity index is 707. The van der Waals surface area contributed by atoms with Crippen molar-refractivity contribution < 1.29 is 13.9 Å². The zero-order chi connectivity index (χ0) is 16.3. The van der Waals surface area contributed by atoms with Gasteiger partial charge in [0.15, 0.2) is 6.10 Å². The molecular weight excluding hydrogens is 328 g/mol. The molecule has 2 rings (SSSR count). The van der Waals surface area contributed by atoms with E-state index in [1.807, 2.05) is 6.92 Å². The minimum atomic E-state index is -0.749. The van der Waals surface area contributed by atoms with Crippen molar-refractivity contribution in [2.45, 2.75) is 20.0 Å². The van der Waals surface area contributed by atoms with Crippen LogP contribution in [0.1, 0.15) is 12.5 Å². The van der Waals surface area contributed by atoms with Crippen molar-refractivity contribution in [3.05, 3.63) is 57.8 Å². The summed E-state index contributed by atoms with van der Waals surface area (Å²) in [6.45, 7) is 3.45. The van der Waals surface area contributed by atoms with Crippen molar-refractivity contribution in [1.29, 1.82) is 0 Å². The first-order valence-electron chi connectivity index (χ1n) is 6.55. The Hall–Kier alpha value is -1.78. The molecule has 0 saturated carbocycles. The summed E-state index contributed by atoms with van der Waals surface area (Å²) in [6.07, 6.45) is -0.749. The number of nitrogens with one attached hydrogen (secondary N) is 1. The summed E-state index contributed by atoms with van der Waals surface area (Å²) < 4.78 is 18.6. The lowest BCUT2D eigenvalue weighted by molar-refractivity contribution is -0.122. The number of hydrogen-bond donors (Lipinski definition) is 1. The van der Waals surface area contributed by atoms with Crippen LogP contribution in [0.5, 0.6) is 5.75 Å². The number of rotatable bonds is 4. The first kappa shape index (κ1) is 16.6. The van der Waals surface area contributed by atoms with Crippen molar-refractivity contribution in [3.63, 3.8) is 0 Å². The van der Waals surface area contributed by atoms with Gasteiger partial charge in [0.25, 0.3) is 5.91 Å². The van der Waals surface area contributed by atoms with Crippen molar-refractivity contribution in [2.75, 3.05) is 5.32 Å². The number of halogens is 3. The lowest BCUT2D eigenvalue weighted by Crippen LogP contribution is -2.30. The third-order valence-electron chi connectivity index (χ3n) is 3.00. The van der Waals surface area contributed by atoms with Crippen LogP contribution in [-0.4, -0.2) is 12.0 Å². The predicted octanol–water partition coefficient (Wildman–Crippen LogP) is 4.85. The van der Waals surface area contributed by atoms with Gasteiger partial charge in [-0.25, -0.2) is 4.39 Å². The van der Waals surface area contributed by atoms with Gasteiger partial charge in [0, 0.05) is 5.02 Å². The molecule has 1 atom stereocenters. The Labute approximate surface area is 138 Å². The summed E-state index contributed by atoms with van der Waals surface area (Å²) in [5.41, 5.74) is 1.16. The van der Waals surface area contributed by atoms with E-state index in [9.17, 15) is 9.18 Å². The van der Waals surface area contributed by atoms with Gasteiger partial charge in [-0.05, 0) is 55.8 Å². The van der Waals surface area contributed by atoms with Gasteiger partial charge < -0.3 is 10.1 Å². The number of benzene rings is 2. The number of aryl methyl sites for hydroxylation is 1. The van der Waals surface area contributed by atoms with Crippen LogP contribution in [0.4, 0.5) is 10.1 Å². The highest BCUT2D eigenvalue weighted by Crippen LogP contribution is 2.25. The minimum absolute atomic E-state index is 0.128. The molecule has 0 saturated heterocycles. The number of ether oxygens (including phenoxy) is 1. The van der Waals surface area contributed by atoms with Gasteiger partial charge in [-0.3, -0.25) is 4.79 Å². The molecule has 0 spiro atoms. The molecule has 0 aliphatic rings. The van der Waals surface area contributed by atoms with E-state index in [1.54, 1.807) is 25.1 Å². The molecule has 0 fully saturated rings. The van der Waals surface area contributed by atoms with Crippen molar-refractivity contribution in [3.8, 4) is 5.75 Å². The molecule has 2 aromatic carbocycles. The average Bonchev–Trinajstić information content (AvgIpc) is 2.44. The largest absolute Gasteiger partial charge is 0.481 e. The summed E-state index contributed by atoms with van der Waals surface area (Å²) >= 11 is 11.7. The number of carbonyl (C=O) groups is 1. The van der Waals surface area contributed by atoms with E-state index in [-0.39, 0.29) is 10.9 Å². The van der Waals surface area contributed by atoms with E-state index in [0.29, 0.717) is 16.5 Å². The van der Waals surface area contributed by atoms with E-state index in [0.717, 1.165) is 11.6 Å². The summed E-state index contributed by atoms with van der Waals surface area (Å²) in [7, 11) is 0. The van der Waals surface area contributed by atoms with Crippen LogP contribution in [0.15, 0.2) is 36.4 Å². The smallest absolute Gasteiger partial charge is 0.265 e. The molecule has 0 aliphatic heterocycles. The molecule has 116 valence electrons. The van der Waals surface area contributed by atoms with E-state index >= 15 is 0 Å². The first-order chi connectivity index (χ1) is 10.4. The first-order valence-corrected chi connectivity index (χ1v) is 7.31. The normalized spacial score (nSPS) is 11.9. The Kier molecular flexibility index (Phi) is 5.27. The lowest BCUT2D eigenvalue weighted by Gasteiger charge is -2.17. The van der Waals surface area contributed by atoms with Crippen LogP contribution in [0.2, 0.25) is 10.0 Å². The molecule has 1 N–H and O–H groups in total. The van der Waals surface area contributed by atoms with Gasteiger partial charge in [0.1, 0.15) is 11.6 Å². The molecule has 0 unspecified atom stereocenters. The van der Waals surface area contributed by atoms with Crippen molar-refractivity contribution >= 4 is 34.8 Å². The summed E-state index contributed by atoms with van der Waals surface area (Å²) in [5.74, 6) is -0.288. The van der Waals surface area contributed by atoms with Crippen LogP contribution in [-0.2, 0) is 4.79 Å². The van der Waals surface area contributed by atoms with Crippen LogP contribution < -0.4 is 10.1 Å². The van der Waals surface area contributed by atoms with Crippen LogP contribution in [0.3, 0.4) is 0 Å². The molecular formula is C16H14Cl2FNO2. The van der Waals surface area contributed by atoms with Gasteiger partial charge in [-0.1, -0.05) is 23.2 Å². The standard InChI is InChI=1S/C16H14Cl2FNO2/c1-9-7-11(17)3-6-15(9)22-10(2)16(21)20-14-5-4-12(19)8-13(14)18/h3-8,10H,1-2H3,(H,20,21)/t10-/m0/s1. The summed E-state index contributed by atoms with van der Waals surface area (Å²) in [5, 5.41) is 3.32. The average molecular weight is 342 g/mol. The van der Waals surface area contributed by atoms with Gasteiger partial charge in [-0.15, -0.1) is 0 Å². The van der Waals surface area contributed by atoms with Gasteiger partial charge in [-0.2, -0.15) is 0 Å². The third-order valence-corrected chi connectivity index (χ3v) is 3.55. The fraction of sp³-hybridized carbons (Fsp3) is 0.188. The van der Waals surface area contributed by atoms with Gasteiger partial charge in [0.05, 0.1) is 10.7 Å². The third kappa shape index (κ3) is 4.12. The molecule has 6 heteroatoms. The van der Waals surface area contributed by atoms with Gasteiger partial charge in [0.2, 0.25) is 0 Å². The molecule has 1 amide bonds. The van der Waals surface area contributed by atoms with E-state index < -0.39 is 11.9 Å². The van der Waals surface area contributed by atoms with Crippen LogP contribution in [0.25, 0.3) is 0 Å². The maximum atomic E-state index is 13.0. The maximum Gasteiger partial charge on any atom is 0.265 e. The molecule has 0 aromatic heterocycles. The van der Waals surface area contributed by atoms with E-state index in [2.05, 4.69) is 5.32 Å². The monoisotopic (exact) mass is 341 g/mol. The van der Waals surface area contributed by atoms with Gasteiger partial charge >= 0.3 is 0 Å². The molecule has 0 heterocycles. The number of hydrogen-bond acceptors (Lipinski definition) is 2. The van der Waals surface area contributed by atoms with Crippen LogP contribution >= 0.6 is 23.2 Å². The molecule has 0 aliphatic carbocycles. The number of anilines is 1. The van der Waals surface area contributed by atoms with Crippen LogP contribution in [0, 0.1) is 12.7 Å². The van der Waals surface area contributed by atoms with Crippen molar-refractivity contribution in [2.24, 2.45) is 0 Å². The SMILES string of the molecule is Cc1cc(Cl)ccc1O[C@@H](C)C(=O)Nc1ccc(F)cc1Cl. The molecule has 3 nitrogen and oxygen atoms in total. The highest BCUT2D eigenvalue weighted by molar-refractivity contribution is 6.33. The highest BCUT2D eigenvalue weighted by atomic mass is 35.5. The Morgan fingerprint density at radius 2 is 1.95 bits per heavy atom. The fourth-order valence-corrected chi connectivity index (χ4v) is 2.26. The Balaban J connectivity index is 2.05. The Morgan fingerprint density at radius 1 is 1.23 bits per heavy atom. The van der Waals surface area contributed by atoms with Crippen molar-refractivity contribution in [1.82, 2.24) is 0 Å². The Morgan fingerprint density at radius 3 is 2.59 bits per heavy atom. The summed E-state index contributed by atoms with van der Waals surface area (Å²) in [6, 6.07) is 8.88. The number of carbonyl (C=O) groups excluding carboxylic acids is 1. The molecule has 2 aromatic rings. The quantitative estimate of drug-likeness (QED) is 0.863. The zero-order valence-corrected chi connectivity index (χ0v) is 13.5. The fourth-order valence-electron chi connectivity index (χ4n) is 1.81. The predicted molar refractivity (Wildman–Crippen MR) is 86.3 cm³/mol. The minimum Gasteiger partial charge on any atom is -0.481 e. The zero-order valence-electron chi connectivity index (χ0n) is 12.0. The lowest BCUT2D eigenvalue weighted by atomic mass is 10.2. The number of amides is 1. The second-order valence-corrected chi connectivity index (χ2v) is 5.63. The highest BCUT2D eigenvalue weighted by Gasteiger charge is 2.17.